The van der Waals surface area contributed by atoms with E-state index in [1.54, 1.807) is 12.5 Å². The highest BCUT2D eigenvalue weighted by Gasteiger charge is 2.10. The molecule has 4 heteroatoms. The van der Waals surface area contributed by atoms with Gasteiger partial charge < -0.3 is 13.6 Å². The van der Waals surface area contributed by atoms with Crippen LogP contribution in [-0.4, -0.2) is 18.1 Å². The molecule has 0 bridgehead atoms. The zero-order chi connectivity index (χ0) is 15.7. The van der Waals surface area contributed by atoms with Crippen LogP contribution in [0.1, 0.15) is 17.9 Å². The maximum Gasteiger partial charge on any atom is 0.119 e. The first-order valence-corrected chi connectivity index (χ1v) is 7.85. The lowest BCUT2D eigenvalue weighted by atomic mass is 10.3. The Morgan fingerprint density at radius 3 is 2.00 bits per heavy atom. The standard InChI is InChI=1S/C19H21NO3/c1-2-7-17(8-3-1)21-14-6-11-20(15-18-9-4-12-22-18)16-19-10-5-13-23-19/h1-5,7-10,12-13H,6,11,14-16H2. The number of nitrogens with zero attached hydrogens (tertiary/aromatic N) is 1. The van der Waals surface area contributed by atoms with Crippen LogP contribution in [0.4, 0.5) is 0 Å². The van der Waals surface area contributed by atoms with Gasteiger partial charge in [-0.3, -0.25) is 4.90 Å². The highest BCUT2D eigenvalue weighted by atomic mass is 16.5. The summed E-state index contributed by atoms with van der Waals surface area (Å²) in [4.78, 5) is 2.30. The summed E-state index contributed by atoms with van der Waals surface area (Å²) < 4.78 is 16.7. The van der Waals surface area contributed by atoms with Crippen molar-refractivity contribution in [3.05, 3.63) is 78.6 Å². The highest BCUT2D eigenvalue weighted by molar-refractivity contribution is 5.20. The Morgan fingerprint density at radius 1 is 0.783 bits per heavy atom. The van der Waals surface area contributed by atoms with Crippen molar-refractivity contribution >= 4 is 0 Å². The van der Waals surface area contributed by atoms with Crippen molar-refractivity contribution in [1.82, 2.24) is 4.90 Å². The average molecular weight is 311 g/mol. The van der Waals surface area contributed by atoms with Crippen molar-refractivity contribution < 1.29 is 13.6 Å². The molecule has 2 heterocycles. The molecule has 0 unspecified atom stereocenters. The van der Waals surface area contributed by atoms with E-state index in [1.165, 1.54) is 0 Å². The maximum atomic E-state index is 5.75. The third kappa shape index (κ3) is 5.04. The summed E-state index contributed by atoms with van der Waals surface area (Å²) >= 11 is 0. The smallest absolute Gasteiger partial charge is 0.119 e. The molecule has 1 aromatic carbocycles. The first-order valence-electron chi connectivity index (χ1n) is 7.85. The van der Waals surface area contributed by atoms with E-state index < -0.39 is 0 Å². The Balaban J connectivity index is 1.49. The van der Waals surface area contributed by atoms with Gasteiger partial charge >= 0.3 is 0 Å². The van der Waals surface area contributed by atoms with Gasteiger partial charge in [-0.1, -0.05) is 18.2 Å². The van der Waals surface area contributed by atoms with Crippen molar-refractivity contribution in [2.24, 2.45) is 0 Å². The molecule has 4 nitrogen and oxygen atoms in total. The molecule has 0 radical (unpaired) electrons. The van der Waals surface area contributed by atoms with E-state index in [9.17, 15) is 0 Å². The molecule has 0 aliphatic rings. The van der Waals surface area contributed by atoms with E-state index in [0.717, 1.165) is 43.3 Å². The lowest BCUT2D eigenvalue weighted by molar-refractivity contribution is 0.196. The van der Waals surface area contributed by atoms with Gasteiger partial charge in [0.2, 0.25) is 0 Å². The number of rotatable bonds is 9. The predicted octanol–water partition coefficient (Wildman–Crippen LogP) is 4.34. The van der Waals surface area contributed by atoms with E-state index in [2.05, 4.69) is 4.90 Å². The molecule has 0 saturated carbocycles. The average Bonchev–Trinajstić information content (AvgIpc) is 3.26. The van der Waals surface area contributed by atoms with Gasteiger partial charge in [0.25, 0.3) is 0 Å². The van der Waals surface area contributed by atoms with Crippen LogP contribution < -0.4 is 4.74 Å². The van der Waals surface area contributed by atoms with E-state index >= 15 is 0 Å². The summed E-state index contributed by atoms with van der Waals surface area (Å²) in [5, 5.41) is 0. The molecular weight excluding hydrogens is 290 g/mol. The summed E-state index contributed by atoms with van der Waals surface area (Å²) in [5.41, 5.74) is 0. The topological polar surface area (TPSA) is 38.8 Å². The second-order valence-corrected chi connectivity index (χ2v) is 5.38. The van der Waals surface area contributed by atoms with Crippen LogP contribution in [0.3, 0.4) is 0 Å². The van der Waals surface area contributed by atoms with E-state index in [4.69, 9.17) is 13.6 Å². The van der Waals surface area contributed by atoms with Gasteiger partial charge in [-0.05, 0) is 42.8 Å². The van der Waals surface area contributed by atoms with E-state index in [-0.39, 0.29) is 0 Å². The van der Waals surface area contributed by atoms with Crippen LogP contribution in [0.2, 0.25) is 0 Å². The number of ether oxygens (including phenoxy) is 1. The predicted molar refractivity (Wildman–Crippen MR) is 88.1 cm³/mol. The minimum atomic E-state index is 0.691. The van der Waals surface area contributed by atoms with Gasteiger partial charge in [-0.2, -0.15) is 0 Å². The quantitative estimate of drug-likeness (QED) is 0.551. The lowest BCUT2D eigenvalue weighted by Gasteiger charge is -2.20. The number of furan rings is 2. The summed E-state index contributed by atoms with van der Waals surface area (Å²) in [7, 11) is 0. The molecule has 0 fully saturated rings. The fraction of sp³-hybridized carbons (Fsp3) is 0.263. The van der Waals surface area contributed by atoms with Crippen molar-refractivity contribution in [2.45, 2.75) is 19.5 Å². The summed E-state index contributed by atoms with van der Waals surface area (Å²) in [5.74, 6) is 2.83. The SMILES string of the molecule is c1ccc(OCCCN(Cc2ccco2)Cc2ccco2)cc1. The second kappa shape index (κ2) is 8.25. The van der Waals surface area contributed by atoms with Gasteiger partial charge in [0.15, 0.2) is 0 Å². The van der Waals surface area contributed by atoms with Crippen molar-refractivity contribution in [2.75, 3.05) is 13.2 Å². The molecular formula is C19H21NO3. The normalized spacial score (nSPS) is 11.0. The number of benzene rings is 1. The van der Waals surface area contributed by atoms with Crippen LogP contribution in [0.15, 0.2) is 76.0 Å². The minimum absolute atomic E-state index is 0.691. The molecule has 0 N–H and O–H groups in total. The molecule has 0 aliphatic carbocycles. The Morgan fingerprint density at radius 2 is 1.43 bits per heavy atom. The fourth-order valence-corrected chi connectivity index (χ4v) is 2.45. The van der Waals surface area contributed by atoms with Gasteiger partial charge in [-0.25, -0.2) is 0 Å². The molecule has 0 amide bonds. The highest BCUT2D eigenvalue weighted by Crippen LogP contribution is 2.12. The van der Waals surface area contributed by atoms with Crippen LogP contribution in [0, 0.1) is 0 Å². The maximum absolute atomic E-state index is 5.75. The summed E-state index contributed by atoms with van der Waals surface area (Å²) in [6.07, 6.45) is 4.36. The van der Waals surface area contributed by atoms with E-state index in [1.807, 2.05) is 54.6 Å². The van der Waals surface area contributed by atoms with Crippen molar-refractivity contribution in [1.29, 1.82) is 0 Å². The first-order chi connectivity index (χ1) is 11.4. The van der Waals surface area contributed by atoms with Gasteiger partial charge in [-0.15, -0.1) is 0 Å². The van der Waals surface area contributed by atoms with Crippen LogP contribution in [0.25, 0.3) is 0 Å². The number of para-hydroxylation sites is 1. The molecule has 3 aromatic rings. The minimum Gasteiger partial charge on any atom is -0.494 e. The molecule has 2 aromatic heterocycles. The molecule has 120 valence electrons. The Bertz CT molecular complexity index is 611. The Kier molecular flexibility index (Phi) is 5.53. The van der Waals surface area contributed by atoms with Crippen LogP contribution >= 0.6 is 0 Å². The van der Waals surface area contributed by atoms with Gasteiger partial charge in [0.1, 0.15) is 17.3 Å². The molecule has 0 aliphatic heterocycles. The van der Waals surface area contributed by atoms with Gasteiger partial charge in [0, 0.05) is 6.54 Å². The third-order valence-electron chi connectivity index (χ3n) is 3.55. The Hall–Kier alpha value is -2.46. The van der Waals surface area contributed by atoms with E-state index in [0.29, 0.717) is 6.61 Å². The molecule has 0 spiro atoms. The zero-order valence-corrected chi connectivity index (χ0v) is 13.1. The van der Waals surface area contributed by atoms with Crippen LogP contribution in [-0.2, 0) is 13.1 Å². The molecule has 0 atom stereocenters. The van der Waals surface area contributed by atoms with Crippen LogP contribution in [0.5, 0.6) is 5.75 Å². The largest absolute Gasteiger partial charge is 0.494 e. The molecule has 3 rings (SSSR count). The fourth-order valence-electron chi connectivity index (χ4n) is 2.45. The first kappa shape index (κ1) is 15.4. The van der Waals surface area contributed by atoms with Crippen molar-refractivity contribution in [3.8, 4) is 5.75 Å². The molecule has 23 heavy (non-hydrogen) atoms. The molecule has 0 saturated heterocycles. The van der Waals surface area contributed by atoms with Crippen molar-refractivity contribution in [3.63, 3.8) is 0 Å². The zero-order valence-electron chi connectivity index (χ0n) is 13.1. The lowest BCUT2D eigenvalue weighted by Crippen LogP contribution is -2.24. The van der Waals surface area contributed by atoms with Gasteiger partial charge in [0.05, 0.1) is 32.2 Å². The monoisotopic (exact) mass is 311 g/mol. The number of hydrogen-bond donors (Lipinski definition) is 0. The third-order valence-corrected chi connectivity index (χ3v) is 3.55. The summed E-state index contributed by atoms with van der Waals surface area (Å²) in [6.45, 7) is 3.13. The summed E-state index contributed by atoms with van der Waals surface area (Å²) in [6, 6.07) is 17.7. The second-order valence-electron chi connectivity index (χ2n) is 5.38. The Labute approximate surface area is 136 Å². The number of hydrogen-bond acceptors (Lipinski definition) is 4.